The van der Waals surface area contributed by atoms with Crippen LogP contribution in [0, 0.1) is 0 Å². The molecule has 1 N–H and O–H groups in total. The van der Waals surface area contributed by atoms with Gasteiger partial charge in [-0.1, -0.05) is 31.5 Å². The summed E-state index contributed by atoms with van der Waals surface area (Å²) in [7, 11) is 0. The molecule has 1 amide bonds. The maximum absolute atomic E-state index is 11.5. The number of para-hydroxylation sites is 1. The highest BCUT2D eigenvalue weighted by Gasteiger charge is 2.03. The maximum Gasteiger partial charge on any atom is 0.257 e. The van der Waals surface area contributed by atoms with Gasteiger partial charge in [0.2, 0.25) is 0 Å². The number of fused-ring (bicyclic) bond motifs is 1. The molecular weight excluding hydrogens is 240 g/mol. The number of hydrogen-bond donors (Lipinski definition) is 1. The Kier molecular flexibility index (Phi) is 4.72. The third kappa shape index (κ3) is 3.95. The SMILES string of the molecule is CCCCNC(=O)COc1cnc2ccccc2c1. The number of amides is 1. The van der Waals surface area contributed by atoms with Crippen molar-refractivity contribution in [2.24, 2.45) is 0 Å². The number of unbranched alkanes of at least 4 members (excludes halogenated alkanes) is 1. The van der Waals surface area contributed by atoms with Crippen molar-refractivity contribution < 1.29 is 9.53 Å². The molecule has 2 aromatic rings. The fraction of sp³-hybridized carbons (Fsp3) is 0.333. The number of carbonyl (C=O) groups excluding carboxylic acids is 1. The van der Waals surface area contributed by atoms with E-state index >= 15 is 0 Å². The topological polar surface area (TPSA) is 51.2 Å². The minimum Gasteiger partial charge on any atom is -0.482 e. The average Bonchev–Trinajstić information content (AvgIpc) is 2.45. The molecule has 0 unspecified atom stereocenters. The molecule has 100 valence electrons. The van der Waals surface area contributed by atoms with Crippen LogP contribution in [0.5, 0.6) is 5.75 Å². The Hall–Kier alpha value is -2.10. The van der Waals surface area contributed by atoms with Gasteiger partial charge < -0.3 is 10.1 Å². The van der Waals surface area contributed by atoms with Crippen molar-refractivity contribution in [1.82, 2.24) is 10.3 Å². The van der Waals surface area contributed by atoms with E-state index in [0.717, 1.165) is 23.7 Å². The highest BCUT2D eigenvalue weighted by molar-refractivity contribution is 5.80. The van der Waals surface area contributed by atoms with Gasteiger partial charge in [-0.15, -0.1) is 0 Å². The molecule has 0 radical (unpaired) electrons. The second-order valence-electron chi connectivity index (χ2n) is 4.36. The summed E-state index contributed by atoms with van der Waals surface area (Å²) in [5.41, 5.74) is 0.919. The number of benzene rings is 1. The molecule has 0 saturated heterocycles. The van der Waals surface area contributed by atoms with Gasteiger partial charge in [0, 0.05) is 11.9 Å². The lowest BCUT2D eigenvalue weighted by Gasteiger charge is -2.07. The Labute approximate surface area is 112 Å². The molecule has 0 atom stereocenters. The Morgan fingerprint density at radius 3 is 3.05 bits per heavy atom. The van der Waals surface area contributed by atoms with Crippen molar-refractivity contribution in [3.05, 3.63) is 36.5 Å². The number of carbonyl (C=O) groups is 1. The molecule has 0 aliphatic heterocycles. The lowest BCUT2D eigenvalue weighted by Crippen LogP contribution is -2.29. The summed E-state index contributed by atoms with van der Waals surface area (Å²) in [5.74, 6) is 0.519. The van der Waals surface area contributed by atoms with Gasteiger partial charge in [0.25, 0.3) is 5.91 Å². The van der Waals surface area contributed by atoms with E-state index in [2.05, 4.69) is 17.2 Å². The Morgan fingerprint density at radius 1 is 1.37 bits per heavy atom. The molecule has 1 aromatic heterocycles. The minimum absolute atomic E-state index is 0.0315. The summed E-state index contributed by atoms with van der Waals surface area (Å²) < 4.78 is 5.43. The van der Waals surface area contributed by atoms with E-state index < -0.39 is 0 Å². The molecular formula is C15H18N2O2. The zero-order valence-electron chi connectivity index (χ0n) is 11.1. The largest absolute Gasteiger partial charge is 0.482 e. The second kappa shape index (κ2) is 6.73. The zero-order valence-corrected chi connectivity index (χ0v) is 11.1. The van der Waals surface area contributed by atoms with Crippen LogP contribution in [0.2, 0.25) is 0 Å². The molecule has 1 heterocycles. The van der Waals surface area contributed by atoms with Gasteiger partial charge in [0.05, 0.1) is 11.7 Å². The maximum atomic E-state index is 11.5. The first-order valence-corrected chi connectivity index (χ1v) is 6.54. The fourth-order valence-corrected chi connectivity index (χ4v) is 1.73. The van der Waals surface area contributed by atoms with Gasteiger partial charge in [-0.2, -0.15) is 0 Å². The van der Waals surface area contributed by atoms with Crippen LogP contribution in [0.4, 0.5) is 0 Å². The quantitative estimate of drug-likeness (QED) is 0.810. The van der Waals surface area contributed by atoms with Gasteiger partial charge in [-0.3, -0.25) is 9.78 Å². The lowest BCUT2D eigenvalue weighted by molar-refractivity contribution is -0.123. The van der Waals surface area contributed by atoms with Crippen molar-refractivity contribution in [1.29, 1.82) is 0 Å². The molecule has 0 aliphatic rings. The number of nitrogens with one attached hydrogen (secondary N) is 1. The predicted octanol–water partition coefficient (Wildman–Crippen LogP) is 2.53. The normalized spacial score (nSPS) is 10.4. The van der Waals surface area contributed by atoms with Crippen LogP contribution in [-0.4, -0.2) is 24.0 Å². The summed E-state index contributed by atoms with van der Waals surface area (Å²) in [5, 5.41) is 3.81. The summed E-state index contributed by atoms with van der Waals surface area (Å²) >= 11 is 0. The smallest absolute Gasteiger partial charge is 0.257 e. The molecule has 4 nitrogen and oxygen atoms in total. The van der Waals surface area contributed by atoms with Crippen molar-refractivity contribution in [3.8, 4) is 5.75 Å². The van der Waals surface area contributed by atoms with Crippen molar-refractivity contribution in [2.75, 3.05) is 13.2 Å². The number of rotatable bonds is 6. The number of pyridine rings is 1. The predicted molar refractivity (Wildman–Crippen MR) is 75.2 cm³/mol. The second-order valence-corrected chi connectivity index (χ2v) is 4.36. The standard InChI is InChI=1S/C15H18N2O2/c1-2-3-8-16-15(18)11-19-13-9-12-6-4-5-7-14(12)17-10-13/h4-7,9-10H,2-3,8,11H2,1H3,(H,16,18). The third-order valence-corrected chi connectivity index (χ3v) is 2.79. The van der Waals surface area contributed by atoms with E-state index in [0.29, 0.717) is 12.3 Å². The van der Waals surface area contributed by atoms with Crippen LogP contribution in [0.15, 0.2) is 36.5 Å². The van der Waals surface area contributed by atoms with Gasteiger partial charge in [0.1, 0.15) is 5.75 Å². The molecule has 0 bridgehead atoms. The van der Waals surface area contributed by atoms with E-state index in [9.17, 15) is 4.79 Å². The lowest BCUT2D eigenvalue weighted by atomic mass is 10.2. The molecule has 1 aromatic carbocycles. The Bertz CT molecular complexity index is 555. The highest BCUT2D eigenvalue weighted by atomic mass is 16.5. The van der Waals surface area contributed by atoms with Crippen LogP contribution < -0.4 is 10.1 Å². The minimum atomic E-state index is -0.0957. The third-order valence-electron chi connectivity index (χ3n) is 2.79. The first-order valence-electron chi connectivity index (χ1n) is 6.54. The van der Waals surface area contributed by atoms with Crippen LogP contribution in [-0.2, 0) is 4.79 Å². The molecule has 19 heavy (non-hydrogen) atoms. The summed E-state index contributed by atoms with van der Waals surface area (Å²) in [4.78, 5) is 15.8. The van der Waals surface area contributed by atoms with Gasteiger partial charge in [-0.25, -0.2) is 0 Å². The molecule has 0 fully saturated rings. The van der Waals surface area contributed by atoms with Crippen LogP contribution in [0.3, 0.4) is 0 Å². The van der Waals surface area contributed by atoms with E-state index in [1.54, 1.807) is 6.20 Å². The number of hydrogen-bond acceptors (Lipinski definition) is 3. The Morgan fingerprint density at radius 2 is 2.21 bits per heavy atom. The highest BCUT2D eigenvalue weighted by Crippen LogP contribution is 2.17. The fourth-order valence-electron chi connectivity index (χ4n) is 1.73. The summed E-state index contributed by atoms with van der Waals surface area (Å²) in [6, 6.07) is 9.69. The molecule has 4 heteroatoms. The van der Waals surface area contributed by atoms with E-state index in [-0.39, 0.29) is 12.5 Å². The van der Waals surface area contributed by atoms with E-state index in [1.807, 2.05) is 30.3 Å². The average molecular weight is 258 g/mol. The van der Waals surface area contributed by atoms with Crippen LogP contribution >= 0.6 is 0 Å². The van der Waals surface area contributed by atoms with Crippen molar-refractivity contribution in [3.63, 3.8) is 0 Å². The summed E-state index contributed by atoms with van der Waals surface area (Å²) in [6.07, 6.45) is 3.70. The van der Waals surface area contributed by atoms with Crippen LogP contribution in [0.1, 0.15) is 19.8 Å². The Balaban J connectivity index is 1.89. The molecule has 0 spiro atoms. The molecule has 0 aliphatic carbocycles. The van der Waals surface area contributed by atoms with E-state index in [1.165, 1.54) is 0 Å². The van der Waals surface area contributed by atoms with Crippen molar-refractivity contribution in [2.45, 2.75) is 19.8 Å². The number of aromatic nitrogens is 1. The molecule has 2 rings (SSSR count). The number of ether oxygens (including phenoxy) is 1. The zero-order chi connectivity index (χ0) is 13.5. The van der Waals surface area contributed by atoms with Crippen LogP contribution in [0.25, 0.3) is 10.9 Å². The van der Waals surface area contributed by atoms with Gasteiger partial charge in [-0.05, 0) is 18.6 Å². The van der Waals surface area contributed by atoms with Gasteiger partial charge in [0.15, 0.2) is 6.61 Å². The van der Waals surface area contributed by atoms with Crippen molar-refractivity contribution >= 4 is 16.8 Å². The number of nitrogens with zero attached hydrogens (tertiary/aromatic N) is 1. The van der Waals surface area contributed by atoms with Gasteiger partial charge >= 0.3 is 0 Å². The summed E-state index contributed by atoms with van der Waals surface area (Å²) in [6.45, 7) is 2.82. The first-order chi connectivity index (χ1) is 9.29. The monoisotopic (exact) mass is 258 g/mol. The molecule has 0 saturated carbocycles. The first kappa shape index (κ1) is 13.3. The van der Waals surface area contributed by atoms with E-state index in [4.69, 9.17) is 4.74 Å².